The number of benzene rings is 1. The number of nitrogens with one attached hydrogen (secondary N) is 1. The van der Waals surface area contributed by atoms with E-state index in [0.29, 0.717) is 31.7 Å². The zero-order valence-corrected chi connectivity index (χ0v) is 15.0. The van der Waals surface area contributed by atoms with E-state index in [4.69, 9.17) is 16.0 Å². The van der Waals surface area contributed by atoms with Gasteiger partial charge >= 0.3 is 0 Å². The van der Waals surface area contributed by atoms with E-state index in [-0.39, 0.29) is 5.89 Å². The molecule has 3 aromatic rings. The molecule has 2 heterocycles. The molecule has 2 aromatic heterocycles. The number of aromatic amines is 1. The molecule has 3 rings (SSSR count). The number of sulfone groups is 1. The number of hydrogen-bond acceptors (Lipinski definition) is 5. The van der Waals surface area contributed by atoms with E-state index >= 15 is 0 Å². The molecule has 0 aliphatic carbocycles. The Hall–Kier alpha value is -1.35. The molecule has 0 saturated heterocycles. The zero-order chi connectivity index (χ0) is 16.8. The second kappa shape index (κ2) is 5.94. The van der Waals surface area contributed by atoms with Crippen LogP contribution in [-0.2, 0) is 9.84 Å². The lowest BCUT2D eigenvalue weighted by atomic mass is 10.1. The van der Waals surface area contributed by atoms with Crippen LogP contribution >= 0.6 is 27.5 Å². The molecule has 2 N–H and O–H groups in total. The van der Waals surface area contributed by atoms with Crippen LogP contribution in [0.3, 0.4) is 0 Å². The van der Waals surface area contributed by atoms with E-state index in [2.05, 4.69) is 25.9 Å². The molecule has 6 nitrogen and oxygen atoms in total. The zero-order valence-electron chi connectivity index (χ0n) is 11.9. The fourth-order valence-corrected chi connectivity index (χ4v) is 3.65. The fraction of sp³-hybridized carbons (Fsp3) is 0.214. The number of fused-ring (bicyclic) bond motifs is 1. The molecule has 0 spiro atoms. The number of nitrogens with zero attached hydrogens (tertiary/aromatic N) is 1. The van der Waals surface area contributed by atoms with E-state index in [1.165, 1.54) is 12.5 Å². The van der Waals surface area contributed by atoms with Crippen molar-refractivity contribution in [2.75, 3.05) is 12.0 Å². The summed E-state index contributed by atoms with van der Waals surface area (Å²) in [6.45, 7) is 0. The third-order valence-corrected chi connectivity index (χ3v) is 5.43. The second-order valence-electron chi connectivity index (χ2n) is 5.17. The van der Waals surface area contributed by atoms with Gasteiger partial charge in [-0.2, -0.15) is 0 Å². The van der Waals surface area contributed by atoms with Gasteiger partial charge < -0.3 is 14.5 Å². The summed E-state index contributed by atoms with van der Waals surface area (Å²) in [6.07, 6.45) is 2.71. The Morgan fingerprint density at radius 1 is 1.48 bits per heavy atom. The van der Waals surface area contributed by atoms with Crippen LogP contribution in [0, 0.1) is 0 Å². The first kappa shape index (κ1) is 16.5. The molecule has 0 radical (unpaired) electrons. The van der Waals surface area contributed by atoms with Crippen molar-refractivity contribution in [2.45, 2.75) is 6.10 Å². The minimum absolute atomic E-state index is 0.275. The highest BCUT2D eigenvalue weighted by molar-refractivity contribution is 9.10. The predicted octanol–water partition coefficient (Wildman–Crippen LogP) is 3.32. The summed E-state index contributed by atoms with van der Waals surface area (Å²) in [5.74, 6) is -0.139. The monoisotopic (exact) mass is 418 g/mol. The molecular formula is C14H12BrClN2O4S. The van der Waals surface area contributed by atoms with Crippen molar-refractivity contribution in [3.05, 3.63) is 39.8 Å². The molecule has 122 valence electrons. The van der Waals surface area contributed by atoms with Gasteiger partial charge in [0, 0.05) is 21.6 Å². The molecular weight excluding hydrogens is 408 g/mol. The number of rotatable bonds is 4. The van der Waals surface area contributed by atoms with Crippen molar-refractivity contribution >= 4 is 48.3 Å². The summed E-state index contributed by atoms with van der Waals surface area (Å²) in [6, 6.07) is 3.45. The molecule has 23 heavy (non-hydrogen) atoms. The number of H-pyrrole nitrogens is 1. The van der Waals surface area contributed by atoms with Crippen LogP contribution in [0.4, 0.5) is 0 Å². The van der Waals surface area contributed by atoms with E-state index in [1.807, 2.05) is 0 Å². The first-order valence-electron chi connectivity index (χ1n) is 6.52. The lowest BCUT2D eigenvalue weighted by molar-refractivity contribution is 0.198. The number of hydrogen-bond donors (Lipinski definition) is 2. The molecule has 0 fully saturated rings. The molecule has 1 aromatic carbocycles. The number of halogens is 2. The average Bonchev–Trinajstić information content (AvgIpc) is 3.04. The molecule has 0 aliphatic rings. The normalized spacial score (nSPS) is 13.6. The highest BCUT2D eigenvalue weighted by Gasteiger charge is 2.25. The van der Waals surface area contributed by atoms with Crippen molar-refractivity contribution in [3.8, 4) is 11.5 Å². The van der Waals surface area contributed by atoms with Crippen LogP contribution in [-0.4, -0.2) is 35.5 Å². The van der Waals surface area contributed by atoms with Crippen molar-refractivity contribution in [2.24, 2.45) is 0 Å². The molecule has 0 saturated carbocycles. The van der Waals surface area contributed by atoms with Crippen LogP contribution in [0.2, 0.25) is 5.02 Å². The Labute approximate surface area is 145 Å². The smallest absolute Gasteiger partial charge is 0.228 e. The van der Waals surface area contributed by atoms with Gasteiger partial charge in [-0.25, -0.2) is 13.4 Å². The molecule has 0 aliphatic heterocycles. The lowest BCUT2D eigenvalue weighted by Crippen LogP contribution is -2.13. The van der Waals surface area contributed by atoms with E-state index in [9.17, 15) is 13.5 Å². The van der Waals surface area contributed by atoms with Crippen LogP contribution in [0.15, 0.2) is 33.5 Å². The van der Waals surface area contributed by atoms with Crippen molar-refractivity contribution < 1.29 is 17.9 Å². The fourth-order valence-electron chi connectivity index (χ4n) is 2.41. The van der Waals surface area contributed by atoms with Gasteiger partial charge in [0.15, 0.2) is 0 Å². The van der Waals surface area contributed by atoms with Crippen LogP contribution in [0.5, 0.6) is 0 Å². The van der Waals surface area contributed by atoms with Gasteiger partial charge in [0.1, 0.15) is 22.2 Å². The Morgan fingerprint density at radius 3 is 2.83 bits per heavy atom. The highest BCUT2D eigenvalue weighted by atomic mass is 79.9. The van der Waals surface area contributed by atoms with Gasteiger partial charge in [-0.1, -0.05) is 11.6 Å². The van der Waals surface area contributed by atoms with Gasteiger partial charge in [-0.15, -0.1) is 0 Å². The third-order valence-electron chi connectivity index (χ3n) is 3.31. The lowest BCUT2D eigenvalue weighted by Gasteiger charge is -2.09. The minimum atomic E-state index is -3.37. The summed E-state index contributed by atoms with van der Waals surface area (Å²) in [7, 11) is -3.37. The summed E-state index contributed by atoms with van der Waals surface area (Å²) >= 11 is 9.48. The summed E-state index contributed by atoms with van der Waals surface area (Å²) < 4.78 is 29.0. The number of aliphatic hydroxyl groups excluding tert-OH is 1. The largest absolute Gasteiger partial charge is 0.444 e. The Bertz CT molecular complexity index is 966. The van der Waals surface area contributed by atoms with Crippen LogP contribution < -0.4 is 0 Å². The molecule has 9 heteroatoms. The Kier molecular flexibility index (Phi) is 4.26. The molecule has 0 bridgehead atoms. The quantitative estimate of drug-likeness (QED) is 0.676. The summed E-state index contributed by atoms with van der Waals surface area (Å²) in [4.78, 5) is 7.14. The van der Waals surface area contributed by atoms with Crippen molar-refractivity contribution in [1.82, 2.24) is 9.97 Å². The minimum Gasteiger partial charge on any atom is -0.444 e. The third kappa shape index (κ3) is 3.30. The average molecular weight is 420 g/mol. The Morgan fingerprint density at radius 2 is 2.22 bits per heavy atom. The predicted molar refractivity (Wildman–Crippen MR) is 91.2 cm³/mol. The maximum atomic E-state index is 11.5. The maximum Gasteiger partial charge on any atom is 0.228 e. The Balaban J connectivity index is 2.26. The van der Waals surface area contributed by atoms with Gasteiger partial charge in [0.05, 0.1) is 28.2 Å². The van der Waals surface area contributed by atoms with E-state index < -0.39 is 21.7 Å². The number of aromatic nitrogens is 2. The first-order valence-corrected chi connectivity index (χ1v) is 9.75. The van der Waals surface area contributed by atoms with Gasteiger partial charge in [0.25, 0.3) is 0 Å². The van der Waals surface area contributed by atoms with Crippen molar-refractivity contribution in [1.29, 1.82) is 0 Å². The highest BCUT2D eigenvalue weighted by Crippen LogP contribution is 2.38. The molecule has 0 amide bonds. The number of aliphatic hydroxyl groups is 1. The van der Waals surface area contributed by atoms with Gasteiger partial charge in [-0.05, 0) is 28.1 Å². The van der Waals surface area contributed by atoms with Crippen LogP contribution in [0.1, 0.15) is 11.8 Å². The second-order valence-corrected chi connectivity index (χ2v) is 8.62. The van der Waals surface area contributed by atoms with Crippen molar-refractivity contribution in [3.63, 3.8) is 0 Å². The SMILES string of the molecule is CS(=O)(=O)CC(O)c1[nH]c2cc(Br)c(Cl)cc2c1-c1ncco1. The van der Waals surface area contributed by atoms with Gasteiger partial charge in [0.2, 0.25) is 5.89 Å². The first-order chi connectivity index (χ1) is 10.8. The standard InChI is InChI=1S/C14H12BrClN2O4S/c1-23(20,21)6-11(19)13-12(14-17-2-3-22-14)7-4-9(16)8(15)5-10(7)18-13/h2-5,11,18-19H,6H2,1H3. The van der Waals surface area contributed by atoms with Gasteiger partial charge in [-0.3, -0.25) is 0 Å². The topological polar surface area (TPSA) is 96.2 Å². The summed E-state index contributed by atoms with van der Waals surface area (Å²) in [5, 5.41) is 11.5. The molecule has 1 unspecified atom stereocenters. The number of oxazole rings is 1. The molecule has 1 atom stereocenters. The summed E-state index contributed by atoms with van der Waals surface area (Å²) in [5.41, 5.74) is 1.50. The van der Waals surface area contributed by atoms with Crippen LogP contribution in [0.25, 0.3) is 22.4 Å². The maximum absolute atomic E-state index is 11.5. The van der Waals surface area contributed by atoms with E-state index in [1.54, 1.807) is 12.1 Å². The van der Waals surface area contributed by atoms with E-state index in [0.717, 1.165) is 6.26 Å².